The van der Waals surface area contributed by atoms with E-state index in [2.05, 4.69) is 22.2 Å². The van der Waals surface area contributed by atoms with Crippen LogP contribution in [0.4, 0.5) is 4.39 Å². The van der Waals surface area contributed by atoms with Gasteiger partial charge in [0.1, 0.15) is 0 Å². The van der Waals surface area contributed by atoms with Crippen LogP contribution in [0.15, 0.2) is 18.3 Å². The molecule has 2 rings (SSSR count). The zero-order chi connectivity index (χ0) is 13.0. The van der Waals surface area contributed by atoms with Gasteiger partial charge < -0.3 is 10.2 Å². The lowest BCUT2D eigenvalue weighted by atomic mass is 9.98. The molecule has 0 saturated carbocycles. The Balaban J connectivity index is 1.82. The highest BCUT2D eigenvalue weighted by atomic mass is 19.1. The predicted octanol–water partition coefficient (Wildman–Crippen LogP) is 1.29. The van der Waals surface area contributed by atoms with Crippen LogP contribution >= 0.6 is 0 Å². The Hall–Kier alpha value is -1.49. The van der Waals surface area contributed by atoms with Crippen LogP contribution in [-0.2, 0) is 0 Å². The highest BCUT2D eigenvalue weighted by Crippen LogP contribution is 2.14. The number of piperidine rings is 1. The van der Waals surface area contributed by atoms with E-state index < -0.39 is 5.95 Å². The lowest BCUT2D eigenvalue weighted by Gasteiger charge is -2.29. The maximum atomic E-state index is 12.6. The molecule has 1 N–H and O–H groups in total. The summed E-state index contributed by atoms with van der Waals surface area (Å²) in [6.07, 6.45) is 3.58. The monoisotopic (exact) mass is 251 g/mol. The first kappa shape index (κ1) is 13.0. The molecule has 0 radical (unpaired) electrons. The molecule has 98 valence electrons. The van der Waals surface area contributed by atoms with Gasteiger partial charge in [-0.2, -0.15) is 4.39 Å². The molecule has 1 saturated heterocycles. The molecule has 18 heavy (non-hydrogen) atoms. The minimum absolute atomic E-state index is 0.185. The van der Waals surface area contributed by atoms with E-state index in [0.717, 1.165) is 19.5 Å². The van der Waals surface area contributed by atoms with E-state index in [1.165, 1.54) is 24.8 Å². The Bertz CT molecular complexity index is 407. The van der Waals surface area contributed by atoms with Crippen molar-refractivity contribution < 1.29 is 9.18 Å². The minimum Gasteiger partial charge on any atom is -0.352 e. The van der Waals surface area contributed by atoms with Crippen molar-refractivity contribution in [3.05, 3.63) is 29.8 Å². The Labute approximate surface area is 106 Å². The van der Waals surface area contributed by atoms with Crippen LogP contribution in [0.1, 0.15) is 23.2 Å². The van der Waals surface area contributed by atoms with E-state index in [-0.39, 0.29) is 5.91 Å². The van der Waals surface area contributed by atoms with Crippen LogP contribution in [-0.4, -0.2) is 42.5 Å². The maximum Gasteiger partial charge on any atom is 0.252 e. The molecule has 2 heterocycles. The quantitative estimate of drug-likeness (QED) is 0.823. The Morgan fingerprint density at radius 3 is 3.11 bits per heavy atom. The molecule has 1 aromatic rings. The first-order valence-corrected chi connectivity index (χ1v) is 6.23. The number of amides is 1. The average molecular weight is 251 g/mol. The van der Waals surface area contributed by atoms with E-state index in [1.54, 1.807) is 0 Å². The third-order valence-corrected chi connectivity index (χ3v) is 3.26. The summed E-state index contributed by atoms with van der Waals surface area (Å²) in [5.74, 6) is -0.253. The zero-order valence-electron chi connectivity index (χ0n) is 10.5. The second kappa shape index (κ2) is 5.91. The van der Waals surface area contributed by atoms with Gasteiger partial charge in [0.25, 0.3) is 5.91 Å². The summed E-state index contributed by atoms with van der Waals surface area (Å²) in [6.45, 7) is 2.81. The van der Waals surface area contributed by atoms with Crippen molar-refractivity contribution in [1.29, 1.82) is 0 Å². The van der Waals surface area contributed by atoms with Gasteiger partial charge in [0.05, 0.1) is 5.56 Å². The molecule has 1 aliphatic heterocycles. The SMILES string of the molecule is CN1CCCC(CNC(=O)c2ccc(F)nc2)C1. The van der Waals surface area contributed by atoms with Crippen LogP contribution in [0.2, 0.25) is 0 Å². The first-order valence-electron chi connectivity index (χ1n) is 6.23. The molecule has 1 aromatic heterocycles. The lowest BCUT2D eigenvalue weighted by molar-refractivity contribution is 0.0936. The number of rotatable bonds is 3. The Morgan fingerprint density at radius 1 is 1.61 bits per heavy atom. The van der Waals surface area contributed by atoms with Crippen molar-refractivity contribution >= 4 is 5.91 Å². The summed E-state index contributed by atoms with van der Waals surface area (Å²) in [5.41, 5.74) is 0.403. The summed E-state index contributed by atoms with van der Waals surface area (Å²) in [5, 5.41) is 2.88. The molecular formula is C13H18FN3O. The van der Waals surface area contributed by atoms with Crippen molar-refractivity contribution in [2.75, 3.05) is 26.7 Å². The van der Waals surface area contributed by atoms with Gasteiger partial charge in [0, 0.05) is 19.3 Å². The summed E-state index contributed by atoms with van der Waals surface area (Å²) >= 11 is 0. The first-order chi connectivity index (χ1) is 8.65. The normalized spacial score (nSPS) is 20.7. The smallest absolute Gasteiger partial charge is 0.252 e. The molecule has 0 bridgehead atoms. The molecule has 0 aliphatic carbocycles. The van der Waals surface area contributed by atoms with E-state index in [9.17, 15) is 9.18 Å². The van der Waals surface area contributed by atoms with Gasteiger partial charge in [-0.3, -0.25) is 4.79 Å². The fourth-order valence-electron chi connectivity index (χ4n) is 2.29. The highest BCUT2D eigenvalue weighted by Gasteiger charge is 2.18. The second-order valence-electron chi connectivity index (χ2n) is 4.85. The maximum absolute atomic E-state index is 12.6. The number of pyridine rings is 1. The Kier molecular flexibility index (Phi) is 4.25. The zero-order valence-corrected chi connectivity index (χ0v) is 10.5. The van der Waals surface area contributed by atoms with Crippen LogP contribution in [0.25, 0.3) is 0 Å². The largest absolute Gasteiger partial charge is 0.352 e. The number of hydrogen-bond donors (Lipinski definition) is 1. The number of nitrogens with zero attached hydrogens (tertiary/aromatic N) is 2. The fraction of sp³-hybridized carbons (Fsp3) is 0.538. The summed E-state index contributed by atoms with van der Waals surface area (Å²) in [7, 11) is 2.10. The molecule has 1 fully saturated rings. The van der Waals surface area contributed by atoms with Gasteiger partial charge in [-0.05, 0) is 44.5 Å². The number of carbonyl (C=O) groups excluding carboxylic acids is 1. The molecule has 0 aromatic carbocycles. The van der Waals surface area contributed by atoms with Crippen LogP contribution in [0.5, 0.6) is 0 Å². The molecule has 1 unspecified atom stereocenters. The summed E-state index contributed by atoms with van der Waals surface area (Å²) in [6, 6.07) is 2.65. The van der Waals surface area contributed by atoms with Gasteiger partial charge in [0.2, 0.25) is 5.95 Å². The third kappa shape index (κ3) is 3.50. The standard InChI is InChI=1S/C13H18FN3O/c1-17-6-2-3-10(9-17)7-16-13(18)11-4-5-12(14)15-8-11/h4-5,8,10H,2-3,6-7,9H2,1H3,(H,16,18). The lowest BCUT2D eigenvalue weighted by Crippen LogP contribution is -2.39. The van der Waals surface area contributed by atoms with Crippen LogP contribution < -0.4 is 5.32 Å². The number of hydrogen-bond acceptors (Lipinski definition) is 3. The third-order valence-electron chi connectivity index (χ3n) is 3.26. The van der Waals surface area contributed by atoms with Gasteiger partial charge in [0.15, 0.2) is 0 Å². The van der Waals surface area contributed by atoms with Crippen molar-refractivity contribution in [3.8, 4) is 0 Å². The molecule has 0 spiro atoms. The summed E-state index contributed by atoms with van der Waals surface area (Å²) in [4.78, 5) is 17.5. The van der Waals surface area contributed by atoms with Crippen LogP contribution in [0, 0.1) is 11.9 Å². The number of nitrogens with one attached hydrogen (secondary N) is 1. The minimum atomic E-state index is -0.569. The molecule has 5 heteroatoms. The number of likely N-dealkylation sites (tertiary alicyclic amines) is 1. The number of aromatic nitrogens is 1. The molecule has 1 amide bonds. The molecule has 4 nitrogen and oxygen atoms in total. The molecule has 1 atom stereocenters. The number of carbonyl (C=O) groups is 1. The molecular weight excluding hydrogens is 233 g/mol. The Morgan fingerprint density at radius 2 is 2.44 bits per heavy atom. The van der Waals surface area contributed by atoms with Crippen LogP contribution in [0.3, 0.4) is 0 Å². The van der Waals surface area contributed by atoms with Gasteiger partial charge in [-0.1, -0.05) is 0 Å². The topological polar surface area (TPSA) is 45.2 Å². The van der Waals surface area contributed by atoms with E-state index in [4.69, 9.17) is 0 Å². The van der Waals surface area contributed by atoms with Crippen molar-refractivity contribution in [3.63, 3.8) is 0 Å². The van der Waals surface area contributed by atoms with Gasteiger partial charge in [-0.25, -0.2) is 4.98 Å². The van der Waals surface area contributed by atoms with Gasteiger partial charge >= 0.3 is 0 Å². The predicted molar refractivity (Wildman–Crippen MR) is 66.7 cm³/mol. The van der Waals surface area contributed by atoms with Crippen molar-refractivity contribution in [2.45, 2.75) is 12.8 Å². The number of halogens is 1. The van der Waals surface area contributed by atoms with Gasteiger partial charge in [-0.15, -0.1) is 0 Å². The fourth-order valence-corrected chi connectivity index (χ4v) is 2.29. The highest BCUT2D eigenvalue weighted by molar-refractivity contribution is 5.93. The second-order valence-corrected chi connectivity index (χ2v) is 4.85. The van der Waals surface area contributed by atoms with Crippen molar-refractivity contribution in [1.82, 2.24) is 15.2 Å². The van der Waals surface area contributed by atoms with E-state index in [0.29, 0.717) is 18.0 Å². The van der Waals surface area contributed by atoms with E-state index >= 15 is 0 Å². The van der Waals surface area contributed by atoms with Crippen molar-refractivity contribution in [2.24, 2.45) is 5.92 Å². The molecule has 1 aliphatic rings. The summed E-state index contributed by atoms with van der Waals surface area (Å²) < 4.78 is 12.6. The average Bonchev–Trinajstić information content (AvgIpc) is 2.37. The van der Waals surface area contributed by atoms with E-state index in [1.807, 2.05) is 0 Å².